The van der Waals surface area contributed by atoms with Crippen molar-refractivity contribution < 1.29 is 22.7 Å². The first-order chi connectivity index (χ1) is 22.6. The van der Waals surface area contributed by atoms with E-state index < -0.39 is 23.4 Å². The highest BCUT2D eigenvalue weighted by atomic mass is 19.4. The molecule has 3 aromatic carbocycles. The van der Waals surface area contributed by atoms with Gasteiger partial charge in [-0.2, -0.15) is 13.2 Å². The van der Waals surface area contributed by atoms with Gasteiger partial charge in [-0.3, -0.25) is 4.90 Å². The molecule has 0 bridgehead atoms. The van der Waals surface area contributed by atoms with Gasteiger partial charge < -0.3 is 14.6 Å². The van der Waals surface area contributed by atoms with E-state index in [0.717, 1.165) is 36.1 Å². The summed E-state index contributed by atoms with van der Waals surface area (Å²) in [5.74, 6) is 0.829. The van der Waals surface area contributed by atoms with Gasteiger partial charge in [-0.25, -0.2) is 19.7 Å². The third kappa shape index (κ3) is 6.70. The summed E-state index contributed by atoms with van der Waals surface area (Å²) in [5, 5.41) is 3.37. The molecule has 242 valence electrons. The smallest absolute Gasteiger partial charge is 0.416 e. The van der Waals surface area contributed by atoms with Gasteiger partial charge in [-0.1, -0.05) is 72.8 Å². The minimum Gasteiger partial charge on any atom is -0.445 e. The molecule has 3 heterocycles. The Hall–Kier alpha value is -5.19. The summed E-state index contributed by atoms with van der Waals surface area (Å²) in [7, 11) is 1.78. The van der Waals surface area contributed by atoms with E-state index in [1.807, 2.05) is 67.6 Å². The Morgan fingerprint density at radius 1 is 0.979 bits per heavy atom. The van der Waals surface area contributed by atoms with Crippen molar-refractivity contribution in [3.63, 3.8) is 0 Å². The molecule has 0 saturated carbocycles. The maximum Gasteiger partial charge on any atom is 0.416 e. The molecule has 0 aliphatic carbocycles. The zero-order valence-corrected chi connectivity index (χ0v) is 26.1. The Morgan fingerprint density at radius 3 is 2.47 bits per heavy atom. The van der Waals surface area contributed by atoms with Gasteiger partial charge in [0.2, 0.25) is 5.95 Å². The highest BCUT2D eigenvalue weighted by Crippen LogP contribution is 2.44. The molecule has 8 nitrogen and oxygen atoms in total. The summed E-state index contributed by atoms with van der Waals surface area (Å²) < 4.78 is 48.5. The van der Waals surface area contributed by atoms with Crippen LogP contribution in [0.15, 0.2) is 103 Å². The Kier molecular flexibility index (Phi) is 8.97. The number of aromatic nitrogens is 4. The molecule has 1 aliphatic heterocycles. The van der Waals surface area contributed by atoms with E-state index in [1.165, 1.54) is 6.07 Å². The molecule has 1 fully saturated rings. The van der Waals surface area contributed by atoms with Crippen molar-refractivity contribution in [2.75, 3.05) is 11.9 Å². The van der Waals surface area contributed by atoms with Gasteiger partial charge in [-0.05, 0) is 55.5 Å². The maximum atomic E-state index is 14.0. The number of anilines is 1. The maximum absolute atomic E-state index is 14.0. The highest BCUT2D eigenvalue weighted by Gasteiger charge is 2.50. The van der Waals surface area contributed by atoms with Crippen LogP contribution in [-0.2, 0) is 30.1 Å². The first-order valence-corrected chi connectivity index (χ1v) is 15.5. The summed E-state index contributed by atoms with van der Waals surface area (Å²) in [6.07, 6.45) is 0.234. The second-order valence-corrected chi connectivity index (χ2v) is 11.7. The van der Waals surface area contributed by atoms with Crippen molar-refractivity contribution in [1.82, 2.24) is 24.4 Å². The minimum absolute atomic E-state index is 0.0769. The predicted molar refractivity (Wildman–Crippen MR) is 172 cm³/mol. The van der Waals surface area contributed by atoms with Crippen LogP contribution in [0, 0.1) is 0 Å². The number of nitrogens with zero attached hydrogens (tertiary/aromatic N) is 5. The fraction of sp³-hybridized carbons (Fsp3) is 0.278. The van der Waals surface area contributed by atoms with Crippen molar-refractivity contribution >= 4 is 12.0 Å². The Labute approximate surface area is 271 Å². The third-order valence-electron chi connectivity index (χ3n) is 8.51. The summed E-state index contributed by atoms with van der Waals surface area (Å²) in [4.78, 5) is 30.0. The number of piperidine rings is 1. The van der Waals surface area contributed by atoms with Crippen LogP contribution in [0.2, 0.25) is 0 Å². The van der Waals surface area contributed by atoms with Crippen LogP contribution >= 0.6 is 0 Å². The molecule has 6 rings (SSSR count). The average Bonchev–Trinajstić information content (AvgIpc) is 3.49. The topological polar surface area (TPSA) is 85.2 Å². The number of ether oxygens (including phenoxy) is 1. The van der Waals surface area contributed by atoms with E-state index >= 15 is 0 Å². The number of halogens is 3. The Balaban J connectivity index is 1.44. The van der Waals surface area contributed by atoms with Gasteiger partial charge in [-0.15, -0.1) is 0 Å². The van der Waals surface area contributed by atoms with Gasteiger partial charge in [0.1, 0.15) is 18.0 Å². The standard InChI is InChI=1S/C36H35F3N6O2/c1-25(27-14-7-4-8-15-27)41-33-40-20-18-31(43-33)35(19-9-10-21-45(35)34(46)47-24-26-12-5-3-6-13-26)32-42-30(23-44(32)2)28-16-11-17-29(22-28)36(37,38)39/h3-8,11-18,20,22-23,25H,9-10,19,21,24H2,1-2H3,(H,40,41,43). The zero-order valence-electron chi connectivity index (χ0n) is 26.1. The number of likely N-dealkylation sites (tertiary alicyclic amines) is 1. The quantitative estimate of drug-likeness (QED) is 0.184. The monoisotopic (exact) mass is 640 g/mol. The van der Waals surface area contributed by atoms with Gasteiger partial charge in [0.15, 0.2) is 0 Å². The van der Waals surface area contributed by atoms with Crippen molar-refractivity contribution in [1.29, 1.82) is 0 Å². The number of aryl methyl sites for hydroxylation is 1. The predicted octanol–water partition coefficient (Wildman–Crippen LogP) is 8.14. The average molecular weight is 641 g/mol. The lowest BCUT2D eigenvalue weighted by Crippen LogP contribution is -2.55. The number of amides is 1. The lowest BCUT2D eigenvalue weighted by Gasteiger charge is -2.45. The summed E-state index contributed by atoms with van der Waals surface area (Å²) in [6, 6.07) is 26.0. The number of benzene rings is 3. The largest absolute Gasteiger partial charge is 0.445 e. The molecule has 2 unspecified atom stereocenters. The number of alkyl halides is 3. The molecule has 1 saturated heterocycles. The van der Waals surface area contributed by atoms with Crippen LogP contribution < -0.4 is 5.32 Å². The van der Waals surface area contributed by atoms with Crippen LogP contribution in [0.4, 0.5) is 23.9 Å². The zero-order chi connectivity index (χ0) is 33.0. The van der Waals surface area contributed by atoms with E-state index in [2.05, 4.69) is 10.3 Å². The van der Waals surface area contributed by atoms with Gasteiger partial charge in [0.05, 0.1) is 23.0 Å². The van der Waals surface area contributed by atoms with Gasteiger partial charge in [0, 0.05) is 31.5 Å². The molecule has 1 amide bonds. The molecule has 1 aliphatic rings. The number of hydrogen-bond acceptors (Lipinski definition) is 6. The first-order valence-electron chi connectivity index (χ1n) is 15.5. The van der Waals surface area contributed by atoms with Crippen LogP contribution in [0.5, 0.6) is 0 Å². The molecule has 47 heavy (non-hydrogen) atoms. The number of hydrogen-bond donors (Lipinski definition) is 1. The fourth-order valence-electron chi connectivity index (χ4n) is 6.16. The van der Waals surface area contributed by atoms with E-state index in [4.69, 9.17) is 14.7 Å². The first kappa shape index (κ1) is 31.8. The van der Waals surface area contributed by atoms with E-state index in [9.17, 15) is 18.0 Å². The number of nitrogens with one attached hydrogen (secondary N) is 1. The van der Waals surface area contributed by atoms with Crippen molar-refractivity contribution in [3.05, 3.63) is 132 Å². The fourth-order valence-corrected chi connectivity index (χ4v) is 6.16. The molecule has 2 aromatic heterocycles. The Bertz CT molecular complexity index is 1830. The molecule has 1 N–H and O–H groups in total. The molecule has 0 spiro atoms. The number of carbonyl (C=O) groups excluding carboxylic acids is 1. The second kappa shape index (κ2) is 13.3. The normalized spacial score (nSPS) is 17.3. The Morgan fingerprint density at radius 2 is 1.72 bits per heavy atom. The lowest BCUT2D eigenvalue weighted by atomic mass is 9.82. The van der Waals surface area contributed by atoms with E-state index in [0.29, 0.717) is 41.7 Å². The van der Waals surface area contributed by atoms with E-state index in [-0.39, 0.29) is 12.6 Å². The molecular formula is C36H35F3N6O2. The van der Waals surface area contributed by atoms with Crippen molar-refractivity contribution in [2.45, 2.75) is 50.6 Å². The lowest BCUT2D eigenvalue weighted by molar-refractivity contribution is -0.137. The van der Waals surface area contributed by atoms with Crippen LogP contribution in [0.25, 0.3) is 11.3 Å². The van der Waals surface area contributed by atoms with Crippen LogP contribution in [0.3, 0.4) is 0 Å². The van der Waals surface area contributed by atoms with Gasteiger partial charge in [0.25, 0.3) is 0 Å². The molecular weight excluding hydrogens is 605 g/mol. The SMILES string of the molecule is CC(Nc1nccc(C2(c3nc(-c4cccc(C(F)(F)F)c4)cn3C)CCCCN2C(=O)OCc2ccccc2)n1)c1ccccc1. The summed E-state index contributed by atoms with van der Waals surface area (Å²) >= 11 is 0. The number of rotatable bonds is 8. The summed E-state index contributed by atoms with van der Waals surface area (Å²) in [6.45, 7) is 2.45. The minimum atomic E-state index is -4.50. The summed E-state index contributed by atoms with van der Waals surface area (Å²) in [5.41, 5.74) is 1.12. The second-order valence-electron chi connectivity index (χ2n) is 11.7. The van der Waals surface area contributed by atoms with Crippen molar-refractivity contribution in [3.8, 4) is 11.3 Å². The number of carbonyl (C=O) groups is 1. The molecule has 11 heteroatoms. The third-order valence-corrected chi connectivity index (χ3v) is 8.51. The van der Waals surface area contributed by atoms with Crippen molar-refractivity contribution in [2.24, 2.45) is 7.05 Å². The number of imidazole rings is 1. The highest BCUT2D eigenvalue weighted by molar-refractivity contribution is 5.70. The molecule has 0 radical (unpaired) electrons. The van der Waals surface area contributed by atoms with Gasteiger partial charge >= 0.3 is 12.3 Å². The molecule has 2 atom stereocenters. The molecule has 5 aromatic rings. The van der Waals surface area contributed by atoms with Crippen LogP contribution in [0.1, 0.15) is 60.4 Å². The van der Waals surface area contributed by atoms with E-state index in [1.54, 1.807) is 41.0 Å². The van der Waals surface area contributed by atoms with Crippen LogP contribution in [-0.4, -0.2) is 37.1 Å².